The van der Waals surface area contributed by atoms with E-state index in [2.05, 4.69) is 9.82 Å². The van der Waals surface area contributed by atoms with E-state index in [1.54, 1.807) is 6.20 Å². The Bertz CT molecular complexity index is 436. The van der Waals surface area contributed by atoms with Gasteiger partial charge < -0.3 is 4.57 Å². The Morgan fingerprint density at radius 1 is 1.43 bits per heavy atom. The van der Waals surface area contributed by atoms with Crippen molar-refractivity contribution in [1.29, 1.82) is 0 Å². The fraction of sp³-hybridized carbons (Fsp3) is 0.100. The van der Waals surface area contributed by atoms with Crippen molar-refractivity contribution in [2.75, 3.05) is 4.84 Å². The van der Waals surface area contributed by atoms with E-state index in [0.717, 1.165) is 16.9 Å². The molecule has 14 heavy (non-hydrogen) atoms. The summed E-state index contributed by atoms with van der Waals surface area (Å²) in [6, 6.07) is 5.99. The maximum atomic E-state index is 5.50. The second-order valence-electron chi connectivity index (χ2n) is 3.06. The Balaban J connectivity index is 2.47. The van der Waals surface area contributed by atoms with E-state index in [-0.39, 0.29) is 0 Å². The number of rotatable bonds is 2. The van der Waals surface area contributed by atoms with Gasteiger partial charge in [-0.1, -0.05) is 0 Å². The minimum Gasteiger partial charge on any atom is -0.351 e. The van der Waals surface area contributed by atoms with Gasteiger partial charge in [-0.2, -0.15) is 0 Å². The summed E-state index contributed by atoms with van der Waals surface area (Å²) in [6.07, 6.45) is 5.49. The number of hydrogen-bond acceptors (Lipinski definition) is 2. The van der Waals surface area contributed by atoms with Crippen molar-refractivity contribution in [2.24, 2.45) is 7.05 Å². The van der Waals surface area contributed by atoms with Crippen LogP contribution < -0.4 is 4.84 Å². The Kier molecular flexibility index (Phi) is 2.41. The Morgan fingerprint density at radius 3 is 2.93 bits per heavy atom. The van der Waals surface area contributed by atoms with Gasteiger partial charge in [0.25, 0.3) is 0 Å². The van der Waals surface area contributed by atoms with Gasteiger partial charge in [0.1, 0.15) is 0 Å². The number of aryl methyl sites for hydroxylation is 1. The van der Waals surface area contributed by atoms with Crippen molar-refractivity contribution in [3.8, 4) is 11.3 Å². The molecule has 3 nitrogen and oxygen atoms in total. The smallest absolute Gasteiger partial charge is 0.0681 e. The maximum Gasteiger partial charge on any atom is 0.0681 e. The minimum atomic E-state index is 0.797. The van der Waals surface area contributed by atoms with Crippen molar-refractivity contribution in [2.45, 2.75) is 0 Å². The maximum absolute atomic E-state index is 5.50. The number of halogens is 1. The van der Waals surface area contributed by atoms with Crippen LogP contribution in [-0.2, 0) is 7.05 Å². The summed E-state index contributed by atoms with van der Waals surface area (Å²) in [4.78, 5) is 6.64. The van der Waals surface area contributed by atoms with Crippen LogP contribution in [0.3, 0.4) is 0 Å². The fourth-order valence-corrected chi connectivity index (χ4v) is 1.50. The third kappa shape index (κ3) is 1.59. The molecule has 0 saturated heterocycles. The quantitative estimate of drug-likeness (QED) is 0.768. The van der Waals surface area contributed by atoms with Crippen LogP contribution in [0.15, 0.2) is 36.8 Å². The molecule has 2 heterocycles. The predicted molar refractivity (Wildman–Crippen MR) is 58.1 cm³/mol. The Morgan fingerprint density at radius 2 is 2.29 bits per heavy atom. The highest BCUT2D eigenvalue weighted by Crippen LogP contribution is 2.21. The molecule has 1 N–H and O–H groups in total. The van der Waals surface area contributed by atoms with Crippen LogP contribution in [-0.4, -0.2) is 9.55 Å². The lowest BCUT2D eigenvalue weighted by Crippen LogP contribution is -1.91. The number of aromatic nitrogens is 2. The standard InChI is InChI=1S/C10H10ClN3/c1-14-4-2-3-10(14)8-5-9(13-11)7-12-6-8/h2-7,13H,1H3. The average molecular weight is 208 g/mol. The van der Waals surface area contributed by atoms with Gasteiger partial charge in [-0.25, -0.2) is 0 Å². The van der Waals surface area contributed by atoms with E-state index in [1.165, 1.54) is 0 Å². The normalized spacial score (nSPS) is 10.1. The predicted octanol–water partition coefficient (Wildman–Crippen LogP) is 2.65. The SMILES string of the molecule is Cn1cccc1-c1cncc(NCl)c1. The number of nitrogens with zero attached hydrogens (tertiary/aromatic N) is 2. The monoisotopic (exact) mass is 207 g/mol. The molecular formula is C10H10ClN3. The van der Waals surface area contributed by atoms with Gasteiger partial charge in [0, 0.05) is 42.5 Å². The zero-order chi connectivity index (χ0) is 9.97. The molecule has 0 aliphatic rings. The summed E-state index contributed by atoms with van der Waals surface area (Å²) in [7, 11) is 2.00. The van der Waals surface area contributed by atoms with E-state index in [9.17, 15) is 0 Å². The van der Waals surface area contributed by atoms with Crippen LogP contribution in [0.1, 0.15) is 0 Å². The molecular weight excluding hydrogens is 198 g/mol. The van der Waals surface area contributed by atoms with Gasteiger partial charge in [0.2, 0.25) is 0 Å². The second-order valence-corrected chi connectivity index (χ2v) is 3.25. The number of nitrogens with one attached hydrogen (secondary N) is 1. The summed E-state index contributed by atoms with van der Waals surface area (Å²) in [5.41, 5.74) is 2.96. The van der Waals surface area contributed by atoms with E-state index in [1.807, 2.05) is 42.2 Å². The molecule has 0 aliphatic heterocycles. The van der Waals surface area contributed by atoms with Crippen molar-refractivity contribution in [1.82, 2.24) is 9.55 Å². The highest BCUT2D eigenvalue weighted by molar-refractivity contribution is 6.23. The lowest BCUT2D eigenvalue weighted by atomic mass is 10.2. The lowest BCUT2D eigenvalue weighted by molar-refractivity contribution is 0.936. The highest BCUT2D eigenvalue weighted by Gasteiger charge is 2.02. The third-order valence-electron chi connectivity index (χ3n) is 2.09. The molecule has 0 aliphatic carbocycles. The molecule has 0 atom stereocenters. The summed E-state index contributed by atoms with van der Waals surface area (Å²) in [5, 5.41) is 0. The number of pyridine rings is 1. The molecule has 0 radical (unpaired) electrons. The Hall–Kier alpha value is -1.48. The molecule has 0 fully saturated rings. The van der Waals surface area contributed by atoms with E-state index < -0.39 is 0 Å². The summed E-state index contributed by atoms with van der Waals surface area (Å²) in [5.74, 6) is 0. The molecule has 0 aromatic carbocycles. The summed E-state index contributed by atoms with van der Waals surface area (Å²) in [6.45, 7) is 0. The fourth-order valence-electron chi connectivity index (χ4n) is 1.39. The molecule has 0 unspecified atom stereocenters. The zero-order valence-corrected chi connectivity index (χ0v) is 8.49. The Labute approximate surface area is 87.5 Å². The van der Waals surface area contributed by atoms with Gasteiger partial charge in [-0.05, 0) is 18.2 Å². The lowest BCUT2D eigenvalue weighted by Gasteiger charge is -2.04. The van der Waals surface area contributed by atoms with Gasteiger partial charge in [0.05, 0.1) is 11.9 Å². The van der Waals surface area contributed by atoms with Crippen molar-refractivity contribution in [3.63, 3.8) is 0 Å². The van der Waals surface area contributed by atoms with Gasteiger partial charge in [-0.3, -0.25) is 9.82 Å². The first-order chi connectivity index (χ1) is 6.81. The topological polar surface area (TPSA) is 29.9 Å². The number of hydrogen-bond donors (Lipinski definition) is 1. The first-order valence-electron chi connectivity index (χ1n) is 4.24. The molecule has 0 bridgehead atoms. The van der Waals surface area contributed by atoms with Crippen LogP contribution in [0.25, 0.3) is 11.3 Å². The molecule has 0 amide bonds. The van der Waals surface area contributed by atoms with Gasteiger partial charge in [0.15, 0.2) is 0 Å². The molecule has 0 saturated carbocycles. The van der Waals surface area contributed by atoms with Gasteiger partial charge >= 0.3 is 0 Å². The molecule has 0 spiro atoms. The van der Waals surface area contributed by atoms with E-state index >= 15 is 0 Å². The zero-order valence-electron chi connectivity index (χ0n) is 7.74. The first kappa shape index (κ1) is 9.09. The van der Waals surface area contributed by atoms with Crippen LogP contribution in [0.4, 0.5) is 5.69 Å². The van der Waals surface area contributed by atoms with Gasteiger partial charge in [-0.15, -0.1) is 0 Å². The average Bonchev–Trinajstić information content (AvgIpc) is 2.65. The van der Waals surface area contributed by atoms with E-state index in [0.29, 0.717) is 0 Å². The van der Waals surface area contributed by atoms with E-state index in [4.69, 9.17) is 11.8 Å². The van der Waals surface area contributed by atoms with Crippen LogP contribution in [0.5, 0.6) is 0 Å². The first-order valence-corrected chi connectivity index (χ1v) is 4.62. The molecule has 2 aromatic heterocycles. The molecule has 72 valence electrons. The van der Waals surface area contributed by atoms with Crippen molar-refractivity contribution < 1.29 is 0 Å². The van der Waals surface area contributed by atoms with Crippen LogP contribution >= 0.6 is 11.8 Å². The van der Waals surface area contributed by atoms with Crippen molar-refractivity contribution >= 4 is 17.5 Å². The highest BCUT2D eigenvalue weighted by atomic mass is 35.5. The summed E-state index contributed by atoms with van der Waals surface area (Å²) < 4.78 is 2.04. The minimum absolute atomic E-state index is 0.797. The van der Waals surface area contributed by atoms with Crippen LogP contribution in [0.2, 0.25) is 0 Å². The third-order valence-corrected chi connectivity index (χ3v) is 2.31. The summed E-state index contributed by atoms with van der Waals surface area (Å²) >= 11 is 5.50. The van der Waals surface area contributed by atoms with Crippen molar-refractivity contribution in [3.05, 3.63) is 36.8 Å². The molecule has 2 rings (SSSR count). The van der Waals surface area contributed by atoms with Crippen LogP contribution in [0, 0.1) is 0 Å². The second kappa shape index (κ2) is 3.72. The molecule has 4 heteroatoms. The largest absolute Gasteiger partial charge is 0.351 e. The number of anilines is 1. The molecule has 2 aromatic rings.